The summed E-state index contributed by atoms with van der Waals surface area (Å²) < 4.78 is 12.5. The molecule has 1 N–H and O–H groups in total. The number of ether oxygens (including phenoxy) is 2. The van der Waals surface area contributed by atoms with E-state index >= 15 is 0 Å². The summed E-state index contributed by atoms with van der Waals surface area (Å²) >= 11 is 3.65. The van der Waals surface area contributed by atoms with Gasteiger partial charge in [-0.15, -0.1) is 0 Å². The average molecular weight is 454 g/mol. The second kappa shape index (κ2) is 11.0. The maximum absolute atomic E-state index is 6.02. The third-order valence-corrected chi connectivity index (χ3v) is 5.47. The van der Waals surface area contributed by atoms with Crippen molar-refractivity contribution in [1.82, 2.24) is 5.32 Å². The molecule has 3 aromatic rings. The fourth-order valence-electron chi connectivity index (χ4n) is 3.17. The summed E-state index contributed by atoms with van der Waals surface area (Å²) in [6, 6.07) is 25.3. The monoisotopic (exact) mass is 453 g/mol. The minimum absolute atomic E-state index is 0.425. The molecule has 1 atom stereocenters. The van der Waals surface area contributed by atoms with Gasteiger partial charge in [-0.05, 0) is 64.5 Å². The molecule has 4 heteroatoms. The Morgan fingerprint density at radius 1 is 0.897 bits per heavy atom. The molecular weight excluding hydrogens is 426 g/mol. The Balaban J connectivity index is 1.56. The van der Waals surface area contributed by atoms with Crippen LogP contribution in [-0.2, 0) is 19.6 Å². The lowest BCUT2D eigenvalue weighted by molar-refractivity contribution is 0.282. The van der Waals surface area contributed by atoms with Gasteiger partial charge in [-0.2, -0.15) is 0 Å². The van der Waals surface area contributed by atoms with E-state index in [4.69, 9.17) is 9.47 Å². The molecule has 0 heterocycles. The Kier molecular flexibility index (Phi) is 8.14. The topological polar surface area (TPSA) is 30.5 Å². The van der Waals surface area contributed by atoms with Crippen LogP contribution in [0.4, 0.5) is 0 Å². The van der Waals surface area contributed by atoms with Gasteiger partial charge in [0.25, 0.3) is 0 Å². The number of hydrogen-bond acceptors (Lipinski definition) is 3. The number of methoxy groups -OCH3 is 1. The highest BCUT2D eigenvalue weighted by molar-refractivity contribution is 9.10. The molecular formula is C25H28BrNO2. The molecule has 0 amide bonds. The maximum Gasteiger partial charge on any atom is 0.175 e. The maximum atomic E-state index is 6.02. The SMILES string of the molecule is COc1cc(CN[C@H](C)CCc2ccccc2)cc(Br)c1OCc1ccccc1. The fourth-order valence-corrected chi connectivity index (χ4v) is 3.77. The lowest BCUT2D eigenvalue weighted by atomic mass is 10.1. The van der Waals surface area contributed by atoms with Gasteiger partial charge in [0, 0.05) is 12.6 Å². The summed E-state index contributed by atoms with van der Waals surface area (Å²) in [4.78, 5) is 0. The molecule has 0 aromatic heterocycles. The van der Waals surface area contributed by atoms with Crippen molar-refractivity contribution in [3.05, 3.63) is 94.0 Å². The van der Waals surface area contributed by atoms with Crippen molar-refractivity contribution in [3.8, 4) is 11.5 Å². The first-order valence-electron chi connectivity index (χ1n) is 9.96. The number of hydrogen-bond donors (Lipinski definition) is 1. The van der Waals surface area contributed by atoms with Gasteiger partial charge in [0.15, 0.2) is 11.5 Å². The standard InChI is InChI=1S/C25H28BrNO2/c1-19(13-14-20-9-5-3-6-10-20)27-17-22-15-23(26)25(24(16-22)28-2)29-18-21-11-7-4-8-12-21/h3-12,15-16,19,27H,13-14,17-18H2,1-2H3/t19-/m1/s1. The molecule has 0 spiro atoms. The van der Waals surface area contributed by atoms with Crippen molar-refractivity contribution in [2.75, 3.05) is 7.11 Å². The first-order valence-corrected chi connectivity index (χ1v) is 10.8. The second-order valence-electron chi connectivity index (χ2n) is 7.19. The molecule has 29 heavy (non-hydrogen) atoms. The van der Waals surface area contributed by atoms with Crippen LogP contribution < -0.4 is 14.8 Å². The number of halogens is 1. The Hall–Kier alpha value is -2.30. The van der Waals surface area contributed by atoms with E-state index in [0.717, 1.165) is 46.5 Å². The predicted molar refractivity (Wildman–Crippen MR) is 123 cm³/mol. The summed E-state index contributed by atoms with van der Waals surface area (Å²) in [5.41, 5.74) is 3.66. The third kappa shape index (κ3) is 6.62. The van der Waals surface area contributed by atoms with Crippen molar-refractivity contribution < 1.29 is 9.47 Å². The summed E-state index contributed by atoms with van der Waals surface area (Å²) in [6.07, 6.45) is 2.18. The molecule has 3 aromatic carbocycles. The molecule has 3 nitrogen and oxygen atoms in total. The summed E-state index contributed by atoms with van der Waals surface area (Å²) in [6.45, 7) is 3.51. The fraction of sp³-hybridized carbons (Fsp3) is 0.280. The van der Waals surface area contributed by atoms with E-state index in [1.165, 1.54) is 5.56 Å². The van der Waals surface area contributed by atoms with Crippen LogP contribution in [-0.4, -0.2) is 13.2 Å². The van der Waals surface area contributed by atoms with Gasteiger partial charge >= 0.3 is 0 Å². The number of nitrogens with one attached hydrogen (secondary N) is 1. The quantitative estimate of drug-likeness (QED) is 0.399. The van der Waals surface area contributed by atoms with E-state index in [0.29, 0.717) is 12.6 Å². The predicted octanol–water partition coefficient (Wildman–Crippen LogP) is 6.15. The summed E-state index contributed by atoms with van der Waals surface area (Å²) in [5, 5.41) is 3.61. The van der Waals surface area contributed by atoms with Crippen LogP contribution in [0.1, 0.15) is 30.0 Å². The molecule has 0 bridgehead atoms. The zero-order valence-corrected chi connectivity index (χ0v) is 18.6. The van der Waals surface area contributed by atoms with Crippen molar-refractivity contribution in [2.45, 2.75) is 39.0 Å². The van der Waals surface area contributed by atoms with Crippen LogP contribution in [0, 0.1) is 0 Å². The van der Waals surface area contributed by atoms with Crippen molar-refractivity contribution >= 4 is 15.9 Å². The van der Waals surface area contributed by atoms with E-state index in [1.54, 1.807) is 7.11 Å². The first-order chi connectivity index (χ1) is 14.2. The Bertz CT molecular complexity index is 884. The third-order valence-electron chi connectivity index (χ3n) is 4.88. The van der Waals surface area contributed by atoms with E-state index in [1.807, 2.05) is 24.3 Å². The number of rotatable bonds is 10. The molecule has 0 fully saturated rings. The Morgan fingerprint density at radius 3 is 2.21 bits per heavy atom. The van der Waals surface area contributed by atoms with Crippen LogP contribution in [0.3, 0.4) is 0 Å². The molecule has 0 unspecified atom stereocenters. The zero-order valence-electron chi connectivity index (χ0n) is 17.0. The van der Waals surface area contributed by atoms with E-state index in [-0.39, 0.29) is 0 Å². The largest absolute Gasteiger partial charge is 0.493 e. The van der Waals surface area contributed by atoms with Gasteiger partial charge in [-0.1, -0.05) is 60.7 Å². The summed E-state index contributed by atoms with van der Waals surface area (Å²) in [5.74, 6) is 1.47. The first kappa shape index (κ1) is 21.4. The Morgan fingerprint density at radius 2 is 1.55 bits per heavy atom. The number of aryl methyl sites for hydroxylation is 1. The van der Waals surface area contributed by atoms with Gasteiger partial charge in [0.2, 0.25) is 0 Å². The highest BCUT2D eigenvalue weighted by Crippen LogP contribution is 2.37. The van der Waals surface area contributed by atoms with Crippen LogP contribution in [0.2, 0.25) is 0 Å². The highest BCUT2D eigenvalue weighted by Gasteiger charge is 2.13. The molecule has 0 saturated carbocycles. The van der Waals surface area contributed by atoms with Crippen LogP contribution in [0.5, 0.6) is 11.5 Å². The number of benzene rings is 3. The minimum atomic E-state index is 0.425. The average Bonchev–Trinajstić information content (AvgIpc) is 2.76. The van der Waals surface area contributed by atoms with Gasteiger partial charge in [0.05, 0.1) is 11.6 Å². The van der Waals surface area contributed by atoms with Crippen LogP contribution >= 0.6 is 15.9 Å². The molecule has 0 aliphatic carbocycles. The van der Waals surface area contributed by atoms with Gasteiger partial charge in [0.1, 0.15) is 6.61 Å². The zero-order chi connectivity index (χ0) is 20.5. The van der Waals surface area contributed by atoms with Gasteiger partial charge < -0.3 is 14.8 Å². The molecule has 152 valence electrons. The van der Waals surface area contributed by atoms with Crippen molar-refractivity contribution in [2.24, 2.45) is 0 Å². The van der Waals surface area contributed by atoms with Gasteiger partial charge in [-0.3, -0.25) is 0 Å². The van der Waals surface area contributed by atoms with E-state index in [2.05, 4.69) is 76.7 Å². The van der Waals surface area contributed by atoms with E-state index < -0.39 is 0 Å². The van der Waals surface area contributed by atoms with Gasteiger partial charge in [-0.25, -0.2) is 0 Å². The molecule has 0 radical (unpaired) electrons. The van der Waals surface area contributed by atoms with Crippen LogP contribution in [0.25, 0.3) is 0 Å². The van der Waals surface area contributed by atoms with Crippen molar-refractivity contribution in [3.63, 3.8) is 0 Å². The summed E-state index contributed by atoms with van der Waals surface area (Å²) in [7, 11) is 1.68. The second-order valence-corrected chi connectivity index (χ2v) is 8.04. The van der Waals surface area contributed by atoms with Crippen LogP contribution in [0.15, 0.2) is 77.3 Å². The molecule has 3 rings (SSSR count). The smallest absolute Gasteiger partial charge is 0.175 e. The minimum Gasteiger partial charge on any atom is -0.493 e. The lowest BCUT2D eigenvalue weighted by Crippen LogP contribution is -2.26. The molecule has 0 aliphatic rings. The lowest BCUT2D eigenvalue weighted by Gasteiger charge is -2.17. The molecule has 0 aliphatic heterocycles. The normalized spacial score (nSPS) is 11.8. The Labute approximate surface area is 182 Å². The highest BCUT2D eigenvalue weighted by atomic mass is 79.9. The van der Waals surface area contributed by atoms with E-state index in [9.17, 15) is 0 Å². The molecule has 0 saturated heterocycles. The van der Waals surface area contributed by atoms with Crippen molar-refractivity contribution in [1.29, 1.82) is 0 Å².